The number of rotatable bonds is 3. The summed E-state index contributed by atoms with van der Waals surface area (Å²) in [5, 5.41) is 8.75. The van der Waals surface area contributed by atoms with Crippen LogP contribution in [0, 0.1) is 0 Å². The van der Waals surface area contributed by atoms with Crippen LogP contribution in [0.1, 0.15) is 23.4 Å². The van der Waals surface area contributed by atoms with Gasteiger partial charge in [0.1, 0.15) is 11.4 Å². The van der Waals surface area contributed by atoms with E-state index in [0.717, 1.165) is 7.11 Å². The molecule has 0 aliphatic carbocycles. The zero-order chi connectivity index (χ0) is 13.2. The summed E-state index contributed by atoms with van der Waals surface area (Å²) >= 11 is 0. The molecule has 0 amide bonds. The largest absolute Gasteiger partial charge is 0.495 e. The molecule has 1 aromatic rings. The summed E-state index contributed by atoms with van der Waals surface area (Å²) in [7, 11) is 1.03. The zero-order valence-electron chi connectivity index (χ0n) is 8.55. The smallest absolute Gasteiger partial charge is 0.433 e. The fourth-order valence-corrected chi connectivity index (χ4v) is 1.23. The van der Waals surface area contributed by atoms with Crippen molar-refractivity contribution in [2.75, 3.05) is 7.11 Å². The molecule has 0 aromatic carbocycles. The highest BCUT2D eigenvalue weighted by Gasteiger charge is 2.37. The Hall–Kier alpha value is -1.44. The van der Waals surface area contributed by atoms with Crippen LogP contribution in [0.4, 0.5) is 22.0 Å². The van der Waals surface area contributed by atoms with Gasteiger partial charge in [0.2, 0.25) is 0 Å². The molecule has 0 fully saturated rings. The standard InChI is InChI=1S/C9H8F5NO2/c1-17-5-2-4(3-16)7(9(12,13)14)15-6(5)8(10)11/h2,8,16H,3H2,1H3. The maximum absolute atomic E-state index is 12.5. The third-order valence-corrected chi connectivity index (χ3v) is 1.96. The van der Waals surface area contributed by atoms with Crippen LogP contribution in [0.15, 0.2) is 6.07 Å². The van der Waals surface area contributed by atoms with Crippen molar-refractivity contribution >= 4 is 0 Å². The molecule has 0 saturated heterocycles. The predicted octanol–water partition coefficient (Wildman–Crippen LogP) is 2.54. The molecule has 0 aliphatic rings. The van der Waals surface area contributed by atoms with Crippen molar-refractivity contribution in [3.63, 3.8) is 0 Å². The number of hydrogen-bond acceptors (Lipinski definition) is 3. The Labute approximate surface area is 92.8 Å². The number of methoxy groups -OCH3 is 1. The van der Waals surface area contributed by atoms with Crippen LogP contribution in [0.3, 0.4) is 0 Å². The van der Waals surface area contributed by atoms with E-state index < -0.39 is 41.9 Å². The molecule has 8 heteroatoms. The second-order valence-electron chi connectivity index (χ2n) is 3.04. The summed E-state index contributed by atoms with van der Waals surface area (Å²) < 4.78 is 66.8. The van der Waals surface area contributed by atoms with Crippen molar-refractivity contribution in [1.29, 1.82) is 0 Å². The van der Waals surface area contributed by atoms with Gasteiger partial charge in [-0.2, -0.15) is 13.2 Å². The number of aliphatic hydroxyl groups excluding tert-OH is 1. The molecular weight excluding hydrogens is 249 g/mol. The first-order valence-electron chi connectivity index (χ1n) is 4.35. The number of pyridine rings is 1. The van der Waals surface area contributed by atoms with Crippen LogP contribution in [-0.4, -0.2) is 17.2 Å². The van der Waals surface area contributed by atoms with Crippen LogP contribution in [0.2, 0.25) is 0 Å². The van der Waals surface area contributed by atoms with Gasteiger partial charge in [-0.05, 0) is 6.07 Å². The van der Waals surface area contributed by atoms with Gasteiger partial charge in [-0.1, -0.05) is 0 Å². The van der Waals surface area contributed by atoms with E-state index in [1.165, 1.54) is 0 Å². The van der Waals surface area contributed by atoms with Crippen LogP contribution in [0.25, 0.3) is 0 Å². The van der Waals surface area contributed by atoms with Gasteiger partial charge >= 0.3 is 6.18 Å². The summed E-state index contributed by atoms with van der Waals surface area (Å²) in [5.41, 5.74) is -3.24. The maximum Gasteiger partial charge on any atom is 0.433 e. The van der Waals surface area contributed by atoms with E-state index in [1.807, 2.05) is 0 Å². The van der Waals surface area contributed by atoms with E-state index in [9.17, 15) is 22.0 Å². The molecule has 3 nitrogen and oxygen atoms in total. The van der Waals surface area contributed by atoms with E-state index >= 15 is 0 Å². The second-order valence-corrected chi connectivity index (χ2v) is 3.04. The van der Waals surface area contributed by atoms with Gasteiger partial charge in [-0.3, -0.25) is 0 Å². The molecule has 0 radical (unpaired) electrons. The minimum absolute atomic E-state index is 0.489. The summed E-state index contributed by atoms with van der Waals surface area (Å²) in [4.78, 5) is 2.83. The Kier molecular flexibility index (Phi) is 3.87. The first-order chi connectivity index (χ1) is 7.81. The minimum Gasteiger partial charge on any atom is -0.495 e. The molecule has 1 aromatic heterocycles. The summed E-state index contributed by atoms with van der Waals surface area (Å²) in [5.74, 6) is -0.489. The van der Waals surface area contributed by atoms with Gasteiger partial charge in [0.05, 0.1) is 13.7 Å². The van der Waals surface area contributed by atoms with Crippen LogP contribution < -0.4 is 4.74 Å². The van der Waals surface area contributed by atoms with Crippen molar-refractivity contribution < 1.29 is 31.8 Å². The average molecular weight is 257 g/mol. The molecule has 1 N–H and O–H groups in total. The fourth-order valence-electron chi connectivity index (χ4n) is 1.23. The van der Waals surface area contributed by atoms with E-state index in [1.54, 1.807) is 0 Å². The van der Waals surface area contributed by atoms with Crippen LogP contribution >= 0.6 is 0 Å². The number of alkyl halides is 5. The number of nitrogens with zero attached hydrogens (tertiary/aromatic N) is 1. The average Bonchev–Trinajstić information content (AvgIpc) is 2.25. The third kappa shape index (κ3) is 2.82. The Morgan fingerprint density at radius 1 is 1.41 bits per heavy atom. The monoisotopic (exact) mass is 257 g/mol. The van der Waals surface area contributed by atoms with E-state index in [4.69, 9.17) is 5.11 Å². The summed E-state index contributed by atoms with van der Waals surface area (Å²) in [6, 6.07) is 0.706. The maximum atomic E-state index is 12.5. The van der Waals surface area contributed by atoms with Gasteiger partial charge in [-0.25, -0.2) is 13.8 Å². The molecular formula is C9H8F5NO2. The molecule has 17 heavy (non-hydrogen) atoms. The summed E-state index contributed by atoms with van der Waals surface area (Å²) in [6.45, 7) is -0.971. The third-order valence-electron chi connectivity index (χ3n) is 1.96. The molecule has 0 aliphatic heterocycles. The Balaban J connectivity index is 3.45. The second kappa shape index (κ2) is 4.82. The number of ether oxygens (including phenoxy) is 1. The van der Waals surface area contributed by atoms with Crippen molar-refractivity contribution in [2.24, 2.45) is 0 Å². The molecule has 0 bridgehead atoms. The normalized spacial score (nSPS) is 12.0. The molecule has 0 unspecified atom stereocenters. The van der Waals surface area contributed by atoms with E-state index in [0.29, 0.717) is 6.07 Å². The number of halogens is 5. The van der Waals surface area contributed by atoms with Gasteiger partial charge in [0.15, 0.2) is 5.69 Å². The van der Waals surface area contributed by atoms with Crippen LogP contribution in [0.5, 0.6) is 5.75 Å². The molecule has 96 valence electrons. The number of aromatic nitrogens is 1. The van der Waals surface area contributed by atoms with Gasteiger partial charge < -0.3 is 9.84 Å². The Morgan fingerprint density at radius 3 is 2.35 bits per heavy atom. The molecule has 1 rings (SSSR count). The van der Waals surface area contributed by atoms with Gasteiger partial charge in [0, 0.05) is 5.56 Å². The lowest BCUT2D eigenvalue weighted by Gasteiger charge is -2.14. The zero-order valence-corrected chi connectivity index (χ0v) is 8.55. The lowest BCUT2D eigenvalue weighted by Crippen LogP contribution is -2.14. The fraction of sp³-hybridized carbons (Fsp3) is 0.444. The first kappa shape index (κ1) is 13.6. The Bertz CT molecular complexity index is 405. The summed E-state index contributed by atoms with van der Waals surface area (Å²) in [6.07, 6.45) is -8.10. The topological polar surface area (TPSA) is 42.4 Å². The highest BCUT2D eigenvalue weighted by atomic mass is 19.4. The lowest BCUT2D eigenvalue weighted by molar-refractivity contribution is -0.142. The highest BCUT2D eigenvalue weighted by Crippen LogP contribution is 2.36. The quantitative estimate of drug-likeness (QED) is 0.846. The number of hydrogen-bond donors (Lipinski definition) is 1. The SMILES string of the molecule is COc1cc(CO)c(C(F)(F)F)nc1C(F)F. The number of aliphatic hydroxyl groups is 1. The Morgan fingerprint density at radius 2 is 2.00 bits per heavy atom. The predicted molar refractivity (Wildman–Crippen MR) is 46.7 cm³/mol. The van der Waals surface area contributed by atoms with Gasteiger partial charge in [-0.15, -0.1) is 0 Å². The van der Waals surface area contributed by atoms with Crippen molar-refractivity contribution in [3.05, 3.63) is 23.0 Å². The van der Waals surface area contributed by atoms with Crippen molar-refractivity contribution in [2.45, 2.75) is 19.2 Å². The van der Waals surface area contributed by atoms with E-state index in [2.05, 4.69) is 9.72 Å². The van der Waals surface area contributed by atoms with Crippen LogP contribution in [-0.2, 0) is 12.8 Å². The minimum atomic E-state index is -4.91. The van der Waals surface area contributed by atoms with Crippen molar-refractivity contribution in [1.82, 2.24) is 4.98 Å². The first-order valence-corrected chi connectivity index (χ1v) is 4.35. The van der Waals surface area contributed by atoms with E-state index in [-0.39, 0.29) is 0 Å². The van der Waals surface area contributed by atoms with Gasteiger partial charge in [0.25, 0.3) is 6.43 Å². The lowest BCUT2D eigenvalue weighted by atomic mass is 10.1. The molecule has 1 heterocycles. The molecule has 0 spiro atoms. The highest BCUT2D eigenvalue weighted by molar-refractivity contribution is 5.37. The molecule has 0 atom stereocenters. The van der Waals surface area contributed by atoms with Crippen molar-refractivity contribution in [3.8, 4) is 5.75 Å². The molecule has 0 saturated carbocycles.